The van der Waals surface area contributed by atoms with Crippen molar-refractivity contribution in [2.75, 3.05) is 13.7 Å². The average Bonchev–Trinajstić information content (AvgIpc) is 2.28. The number of dihydropyridines is 1. The summed E-state index contributed by atoms with van der Waals surface area (Å²) in [6.07, 6.45) is 4.10. The lowest BCUT2D eigenvalue weighted by molar-refractivity contribution is 0.0855. The molecule has 3 atom stereocenters. The molecule has 0 radical (unpaired) electrons. The summed E-state index contributed by atoms with van der Waals surface area (Å²) >= 11 is 0. The Morgan fingerprint density at radius 3 is 2.81 bits per heavy atom. The van der Waals surface area contributed by atoms with Crippen molar-refractivity contribution in [3.05, 3.63) is 24.0 Å². The number of ether oxygens (including phenoxy) is 2. The molecule has 1 rings (SSSR count). The fourth-order valence-corrected chi connectivity index (χ4v) is 1.84. The van der Waals surface area contributed by atoms with Crippen LogP contribution in [-0.2, 0) is 9.47 Å². The van der Waals surface area contributed by atoms with E-state index in [2.05, 4.69) is 24.6 Å². The molecule has 1 heterocycles. The van der Waals surface area contributed by atoms with Crippen LogP contribution in [0.2, 0.25) is 0 Å². The minimum Gasteiger partial charge on any atom is -0.494 e. The quantitative estimate of drug-likeness (QED) is 0.671. The molecule has 0 spiro atoms. The van der Waals surface area contributed by atoms with Crippen LogP contribution in [0.3, 0.4) is 0 Å². The van der Waals surface area contributed by atoms with Crippen LogP contribution >= 0.6 is 0 Å². The summed E-state index contributed by atoms with van der Waals surface area (Å²) < 4.78 is 10.7. The lowest BCUT2D eigenvalue weighted by atomic mass is 9.93. The van der Waals surface area contributed by atoms with Gasteiger partial charge in [0.25, 0.3) is 0 Å². The molecule has 0 aliphatic carbocycles. The van der Waals surface area contributed by atoms with Crippen molar-refractivity contribution in [2.45, 2.75) is 32.9 Å². The molecule has 0 fully saturated rings. The number of allylic oxidation sites excluding steroid dienone is 1. The Kier molecular flexibility index (Phi) is 4.74. The molecule has 90 valence electrons. The van der Waals surface area contributed by atoms with E-state index in [1.54, 1.807) is 7.11 Å². The summed E-state index contributed by atoms with van der Waals surface area (Å²) in [6.45, 7) is 10.6. The Bertz CT molecular complexity index is 307. The van der Waals surface area contributed by atoms with E-state index in [0.29, 0.717) is 18.3 Å². The Morgan fingerprint density at radius 1 is 1.62 bits per heavy atom. The van der Waals surface area contributed by atoms with Gasteiger partial charge in [0.15, 0.2) is 0 Å². The number of hydrogen-bond acceptors (Lipinski definition) is 3. The molecule has 0 aromatic rings. The van der Waals surface area contributed by atoms with Crippen molar-refractivity contribution >= 4 is 6.21 Å². The lowest BCUT2D eigenvalue weighted by Gasteiger charge is -2.27. The van der Waals surface area contributed by atoms with Crippen molar-refractivity contribution in [1.29, 1.82) is 0 Å². The molecule has 0 aromatic carbocycles. The molecule has 0 bridgehead atoms. The van der Waals surface area contributed by atoms with E-state index in [1.807, 2.05) is 20.1 Å². The number of methoxy groups -OCH3 is 1. The predicted octanol–water partition coefficient (Wildman–Crippen LogP) is 2.59. The topological polar surface area (TPSA) is 30.8 Å². The third-order valence-corrected chi connectivity index (χ3v) is 2.86. The maximum absolute atomic E-state index is 5.37. The van der Waals surface area contributed by atoms with Gasteiger partial charge in [-0.1, -0.05) is 19.6 Å². The molecular formula is C13H21NO2. The van der Waals surface area contributed by atoms with Crippen LogP contribution in [0.25, 0.3) is 0 Å². The Balaban J connectivity index is 2.70. The van der Waals surface area contributed by atoms with Crippen LogP contribution in [0, 0.1) is 5.92 Å². The molecule has 1 aliphatic rings. The zero-order chi connectivity index (χ0) is 12.1. The highest BCUT2D eigenvalue weighted by Gasteiger charge is 2.24. The van der Waals surface area contributed by atoms with E-state index < -0.39 is 0 Å². The standard InChI is InChI=1S/C13H21NO2/c1-6-16-10(3)12-7-9(2)13(14-8-12)11(4)15-5/h7-9,11,13H,3,6H2,1-2,4-5H3. The van der Waals surface area contributed by atoms with E-state index in [9.17, 15) is 0 Å². The maximum Gasteiger partial charge on any atom is 0.120 e. The second-order valence-electron chi connectivity index (χ2n) is 4.05. The van der Waals surface area contributed by atoms with E-state index in [-0.39, 0.29) is 12.1 Å². The predicted molar refractivity (Wildman–Crippen MR) is 66.8 cm³/mol. The minimum absolute atomic E-state index is 0.129. The Hall–Kier alpha value is -1.09. The second-order valence-corrected chi connectivity index (χ2v) is 4.05. The van der Waals surface area contributed by atoms with Crippen LogP contribution in [0.1, 0.15) is 20.8 Å². The van der Waals surface area contributed by atoms with Gasteiger partial charge in [0.05, 0.1) is 18.8 Å². The molecule has 0 saturated heterocycles. The first-order valence-electron chi connectivity index (χ1n) is 5.70. The van der Waals surface area contributed by atoms with Gasteiger partial charge in [-0.15, -0.1) is 0 Å². The monoisotopic (exact) mass is 223 g/mol. The number of aliphatic imine (C=N–C) groups is 1. The van der Waals surface area contributed by atoms with Gasteiger partial charge < -0.3 is 9.47 Å². The summed E-state index contributed by atoms with van der Waals surface area (Å²) in [4.78, 5) is 4.51. The highest BCUT2D eigenvalue weighted by molar-refractivity contribution is 5.84. The van der Waals surface area contributed by atoms with Gasteiger partial charge in [0.1, 0.15) is 5.76 Å². The number of nitrogens with zero attached hydrogens (tertiary/aromatic N) is 1. The lowest BCUT2D eigenvalue weighted by Crippen LogP contribution is -2.31. The summed E-state index contributed by atoms with van der Waals surface area (Å²) in [5, 5.41) is 0. The van der Waals surface area contributed by atoms with Gasteiger partial charge in [0.2, 0.25) is 0 Å². The highest BCUT2D eigenvalue weighted by atomic mass is 16.5. The minimum atomic E-state index is 0.129. The van der Waals surface area contributed by atoms with E-state index >= 15 is 0 Å². The second kappa shape index (κ2) is 5.85. The first-order valence-corrected chi connectivity index (χ1v) is 5.70. The smallest absolute Gasteiger partial charge is 0.120 e. The molecule has 16 heavy (non-hydrogen) atoms. The van der Waals surface area contributed by atoms with E-state index in [0.717, 1.165) is 5.57 Å². The van der Waals surface area contributed by atoms with Crippen molar-refractivity contribution in [3.8, 4) is 0 Å². The normalized spacial score (nSPS) is 26.1. The maximum atomic E-state index is 5.37. The molecule has 0 N–H and O–H groups in total. The molecule has 3 nitrogen and oxygen atoms in total. The molecule has 3 heteroatoms. The Morgan fingerprint density at radius 2 is 2.31 bits per heavy atom. The molecule has 0 aromatic heterocycles. The van der Waals surface area contributed by atoms with Crippen LogP contribution in [0.15, 0.2) is 29.0 Å². The summed E-state index contributed by atoms with van der Waals surface area (Å²) in [5.74, 6) is 1.04. The fourth-order valence-electron chi connectivity index (χ4n) is 1.84. The molecule has 0 amide bonds. The van der Waals surface area contributed by atoms with Crippen LogP contribution in [-0.4, -0.2) is 32.1 Å². The van der Waals surface area contributed by atoms with Crippen LogP contribution in [0.4, 0.5) is 0 Å². The number of hydrogen-bond donors (Lipinski definition) is 0. The molecule has 0 saturated carbocycles. The average molecular weight is 223 g/mol. The van der Waals surface area contributed by atoms with Gasteiger partial charge in [-0.2, -0.15) is 0 Å². The third-order valence-electron chi connectivity index (χ3n) is 2.86. The molecule has 1 aliphatic heterocycles. The van der Waals surface area contributed by atoms with Crippen LogP contribution < -0.4 is 0 Å². The number of rotatable bonds is 5. The molecular weight excluding hydrogens is 202 g/mol. The van der Waals surface area contributed by atoms with Crippen LogP contribution in [0.5, 0.6) is 0 Å². The van der Waals surface area contributed by atoms with Gasteiger partial charge in [-0.25, -0.2) is 0 Å². The zero-order valence-electron chi connectivity index (χ0n) is 10.6. The molecule has 3 unspecified atom stereocenters. The van der Waals surface area contributed by atoms with Crippen molar-refractivity contribution in [3.63, 3.8) is 0 Å². The van der Waals surface area contributed by atoms with E-state index in [1.165, 1.54) is 0 Å². The Labute approximate surface area is 97.9 Å². The zero-order valence-corrected chi connectivity index (χ0v) is 10.6. The highest BCUT2D eigenvalue weighted by Crippen LogP contribution is 2.23. The summed E-state index contributed by atoms with van der Waals surface area (Å²) in [6, 6.07) is 0.183. The first kappa shape index (κ1) is 13.0. The van der Waals surface area contributed by atoms with Gasteiger partial charge in [-0.05, 0) is 19.8 Å². The van der Waals surface area contributed by atoms with Gasteiger partial charge in [0, 0.05) is 18.9 Å². The van der Waals surface area contributed by atoms with Gasteiger partial charge >= 0.3 is 0 Å². The van der Waals surface area contributed by atoms with Gasteiger partial charge in [-0.3, -0.25) is 4.99 Å². The summed E-state index contributed by atoms with van der Waals surface area (Å²) in [7, 11) is 1.71. The largest absolute Gasteiger partial charge is 0.494 e. The van der Waals surface area contributed by atoms with Crippen molar-refractivity contribution in [1.82, 2.24) is 0 Å². The third kappa shape index (κ3) is 2.95. The SMILES string of the molecule is C=C(OCC)C1=CC(C)C(C(C)OC)N=C1. The summed E-state index contributed by atoms with van der Waals surface area (Å²) in [5.41, 5.74) is 0.980. The van der Waals surface area contributed by atoms with Crippen molar-refractivity contribution in [2.24, 2.45) is 10.9 Å². The fraction of sp³-hybridized carbons (Fsp3) is 0.615. The first-order chi connectivity index (χ1) is 7.60. The van der Waals surface area contributed by atoms with E-state index in [4.69, 9.17) is 9.47 Å². The van der Waals surface area contributed by atoms with Crippen molar-refractivity contribution < 1.29 is 9.47 Å².